The molecule has 1 saturated heterocycles. The van der Waals surface area contributed by atoms with E-state index in [1.165, 1.54) is 10.9 Å². The number of esters is 1. The Labute approximate surface area is 209 Å². The second kappa shape index (κ2) is 10.3. The Morgan fingerprint density at radius 1 is 1.11 bits per heavy atom. The van der Waals surface area contributed by atoms with Crippen LogP contribution in [0.15, 0.2) is 71.8 Å². The number of amides is 1. The summed E-state index contributed by atoms with van der Waals surface area (Å²) in [5.74, 6) is -1.08. The summed E-state index contributed by atoms with van der Waals surface area (Å²) in [7, 11) is 0. The molecule has 1 fully saturated rings. The fraction of sp³-hybridized carbons (Fsp3) is 0.208. The van der Waals surface area contributed by atoms with Gasteiger partial charge >= 0.3 is 5.97 Å². The van der Waals surface area contributed by atoms with Gasteiger partial charge in [0.1, 0.15) is 18.4 Å². The van der Waals surface area contributed by atoms with Gasteiger partial charge in [-0.05, 0) is 24.3 Å². The second-order valence-electron chi connectivity index (χ2n) is 7.84. The molecule has 0 spiro atoms. The van der Waals surface area contributed by atoms with E-state index in [-0.39, 0.29) is 29.6 Å². The van der Waals surface area contributed by atoms with E-state index in [1.54, 1.807) is 60.7 Å². The summed E-state index contributed by atoms with van der Waals surface area (Å²) in [5.41, 5.74) is 0.439. The van der Waals surface area contributed by atoms with E-state index < -0.39 is 36.1 Å². The predicted molar refractivity (Wildman–Crippen MR) is 129 cm³/mol. The lowest BCUT2D eigenvalue weighted by atomic mass is 10.2. The van der Waals surface area contributed by atoms with Gasteiger partial charge in [-0.1, -0.05) is 48.0 Å². The van der Waals surface area contributed by atoms with Crippen molar-refractivity contribution in [2.45, 2.75) is 25.0 Å². The standard InChI is InChI=1S/C24H20ClN5O6/c25-12-34-16-11-17(35-23(16)36-22(33)15-9-5-2-6-10-15)30-13-26-18-19(30)27-24(29-21(18)32)28-20(31)14-7-3-1-4-8-14/h1-10,13,16-17,23H,11-12H2,(H2,27,28,29,31,32)/t16-,17+,23+/m0/s1. The molecule has 0 bridgehead atoms. The first-order valence-electron chi connectivity index (χ1n) is 11.0. The van der Waals surface area contributed by atoms with Gasteiger partial charge in [0.15, 0.2) is 11.2 Å². The number of benzene rings is 2. The molecule has 1 aliphatic rings. The lowest BCUT2D eigenvalue weighted by Crippen LogP contribution is -2.29. The maximum Gasteiger partial charge on any atom is 0.340 e. The van der Waals surface area contributed by atoms with Gasteiger partial charge in [-0.25, -0.2) is 9.78 Å². The minimum absolute atomic E-state index is 0.0517. The van der Waals surface area contributed by atoms with E-state index in [1.807, 2.05) is 0 Å². The third kappa shape index (κ3) is 4.85. The van der Waals surface area contributed by atoms with Gasteiger partial charge in [-0.3, -0.25) is 24.5 Å². The predicted octanol–water partition coefficient (Wildman–Crippen LogP) is 3.06. The number of H-pyrrole nitrogens is 1. The molecule has 0 radical (unpaired) electrons. The molecule has 3 heterocycles. The van der Waals surface area contributed by atoms with Crippen molar-refractivity contribution in [2.75, 3.05) is 11.4 Å². The molecule has 0 aliphatic carbocycles. The summed E-state index contributed by atoms with van der Waals surface area (Å²) in [6, 6.07) is 16.8. The maximum absolute atomic E-state index is 12.6. The molecule has 2 N–H and O–H groups in total. The molecule has 1 amide bonds. The number of hydrogen-bond acceptors (Lipinski definition) is 8. The quantitative estimate of drug-likeness (QED) is 0.286. The van der Waals surface area contributed by atoms with E-state index in [0.29, 0.717) is 11.1 Å². The van der Waals surface area contributed by atoms with Crippen LogP contribution in [-0.2, 0) is 14.2 Å². The second-order valence-corrected chi connectivity index (χ2v) is 8.06. The summed E-state index contributed by atoms with van der Waals surface area (Å²) in [6.07, 6.45) is -0.830. The number of nitrogens with zero attached hydrogens (tertiary/aromatic N) is 3. The van der Waals surface area contributed by atoms with Gasteiger partial charge in [-0.15, -0.1) is 0 Å². The number of alkyl halides is 1. The van der Waals surface area contributed by atoms with Gasteiger partial charge < -0.3 is 14.2 Å². The minimum Gasteiger partial charge on any atom is -0.429 e. The molecule has 4 aromatic rings. The van der Waals surface area contributed by atoms with Crippen LogP contribution in [0.25, 0.3) is 11.2 Å². The summed E-state index contributed by atoms with van der Waals surface area (Å²) in [6.45, 7) is 0. The molecule has 1 aliphatic heterocycles. The fourth-order valence-electron chi connectivity index (χ4n) is 3.83. The average Bonchev–Trinajstić information content (AvgIpc) is 3.49. The van der Waals surface area contributed by atoms with Gasteiger partial charge in [0, 0.05) is 12.0 Å². The van der Waals surface area contributed by atoms with E-state index >= 15 is 0 Å². The Hall–Kier alpha value is -4.06. The number of carbonyl (C=O) groups is 2. The molecule has 184 valence electrons. The van der Waals surface area contributed by atoms with Crippen molar-refractivity contribution >= 4 is 40.6 Å². The fourth-order valence-corrected chi connectivity index (χ4v) is 3.99. The summed E-state index contributed by atoms with van der Waals surface area (Å²) in [4.78, 5) is 48.7. The van der Waals surface area contributed by atoms with Gasteiger partial charge in [-0.2, -0.15) is 4.98 Å². The summed E-state index contributed by atoms with van der Waals surface area (Å²) >= 11 is 5.77. The van der Waals surface area contributed by atoms with Crippen LogP contribution in [0.3, 0.4) is 0 Å². The van der Waals surface area contributed by atoms with Crippen LogP contribution in [0.4, 0.5) is 5.95 Å². The number of aromatic nitrogens is 4. The molecule has 12 heteroatoms. The lowest BCUT2D eigenvalue weighted by molar-refractivity contribution is -0.153. The molecular weight excluding hydrogens is 490 g/mol. The molecule has 0 unspecified atom stereocenters. The first-order chi connectivity index (χ1) is 17.5. The van der Waals surface area contributed by atoms with Crippen LogP contribution < -0.4 is 10.9 Å². The lowest BCUT2D eigenvalue weighted by Gasteiger charge is -2.18. The van der Waals surface area contributed by atoms with Crippen LogP contribution in [0.2, 0.25) is 0 Å². The van der Waals surface area contributed by atoms with Gasteiger partial charge in [0.2, 0.25) is 12.2 Å². The van der Waals surface area contributed by atoms with Crippen molar-refractivity contribution in [1.29, 1.82) is 0 Å². The van der Waals surface area contributed by atoms with Crippen LogP contribution >= 0.6 is 11.6 Å². The third-order valence-corrected chi connectivity index (χ3v) is 5.67. The summed E-state index contributed by atoms with van der Waals surface area (Å²) in [5, 5.41) is 2.58. The monoisotopic (exact) mass is 509 g/mol. The number of nitrogens with one attached hydrogen (secondary N) is 2. The molecule has 2 aromatic heterocycles. The third-order valence-electron chi connectivity index (χ3n) is 5.55. The Kier molecular flexibility index (Phi) is 6.76. The van der Waals surface area contributed by atoms with E-state index in [0.717, 1.165) is 0 Å². The molecule has 3 atom stereocenters. The Bertz CT molecular complexity index is 1440. The topological polar surface area (TPSA) is 137 Å². The number of imidazole rings is 1. The van der Waals surface area contributed by atoms with Crippen molar-refractivity contribution in [2.24, 2.45) is 0 Å². The summed E-state index contributed by atoms with van der Waals surface area (Å²) < 4.78 is 18.5. The normalized spacial score (nSPS) is 19.3. The van der Waals surface area contributed by atoms with Gasteiger partial charge in [0.25, 0.3) is 11.5 Å². The first kappa shape index (κ1) is 23.7. The minimum atomic E-state index is -1.06. The SMILES string of the molecule is O=C(Nc1nc2c(ncn2[C@H]2C[C@H](OCCl)[C@@H](OC(=O)c3ccccc3)O2)c(=O)[nH]1)c1ccccc1. The molecule has 0 saturated carbocycles. The number of ether oxygens (including phenoxy) is 3. The van der Waals surface area contributed by atoms with Crippen LogP contribution in [0.1, 0.15) is 33.4 Å². The average molecular weight is 510 g/mol. The molecule has 36 heavy (non-hydrogen) atoms. The first-order valence-corrected chi connectivity index (χ1v) is 11.5. The smallest absolute Gasteiger partial charge is 0.340 e. The van der Waals surface area contributed by atoms with Crippen LogP contribution in [-0.4, -0.2) is 49.9 Å². The number of anilines is 1. The zero-order valence-electron chi connectivity index (χ0n) is 18.7. The van der Waals surface area contributed by atoms with E-state index in [2.05, 4.69) is 20.3 Å². The highest BCUT2D eigenvalue weighted by Crippen LogP contribution is 2.33. The highest BCUT2D eigenvalue weighted by atomic mass is 35.5. The van der Waals surface area contributed by atoms with Crippen LogP contribution in [0.5, 0.6) is 0 Å². The maximum atomic E-state index is 12.6. The van der Waals surface area contributed by atoms with E-state index in [4.69, 9.17) is 25.8 Å². The Morgan fingerprint density at radius 3 is 2.50 bits per heavy atom. The highest BCUT2D eigenvalue weighted by molar-refractivity contribution is 6.17. The molecule has 11 nitrogen and oxygen atoms in total. The van der Waals surface area contributed by atoms with Crippen LogP contribution in [0, 0.1) is 0 Å². The number of fused-ring (bicyclic) bond motifs is 1. The largest absolute Gasteiger partial charge is 0.429 e. The molecular formula is C24H20ClN5O6. The zero-order chi connectivity index (χ0) is 25.1. The van der Waals surface area contributed by atoms with E-state index in [9.17, 15) is 14.4 Å². The van der Waals surface area contributed by atoms with Crippen molar-refractivity contribution in [3.8, 4) is 0 Å². The van der Waals surface area contributed by atoms with Crippen molar-refractivity contribution in [1.82, 2.24) is 19.5 Å². The Balaban J connectivity index is 1.39. The van der Waals surface area contributed by atoms with Crippen molar-refractivity contribution < 1.29 is 23.8 Å². The molecule has 5 rings (SSSR count). The number of hydrogen-bond donors (Lipinski definition) is 2. The van der Waals surface area contributed by atoms with Crippen molar-refractivity contribution in [3.63, 3.8) is 0 Å². The number of carbonyl (C=O) groups excluding carboxylic acids is 2. The highest BCUT2D eigenvalue weighted by Gasteiger charge is 2.40. The zero-order valence-corrected chi connectivity index (χ0v) is 19.4. The Morgan fingerprint density at radius 2 is 1.81 bits per heavy atom. The number of halogens is 1. The number of aromatic amines is 1. The van der Waals surface area contributed by atoms with Crippen molar-refractivity contribution in [3.05, 3.63) is 88.5 Å². The number of rotatable bonds is 7. The van der Waals surface area contributed by atoms with Gasteiger partial charge in [0.05, 0.1) is 11.9 Å². The molecule has 2 aromatic carbocycles.